The van der Waals surface area contributed by atoms with Gasteiger partial charge in [-0.2, -0.15) is 0 Å². The molecule has 1 aliphatic carbocycles. The Morgan fingerprint density at radius 1 is 1.20 bits per heavy atom. The Kier molecular flexibility index (Phi) is 5.02. The van der Waals surface area contributed by atoms with Crippen LogP contribution in [0.2, 0.25) is 0 Å². The van der Waals surface area contributed by atoms with E-state index in [0.717, 1.165) is 25.7 Å². The molecule has 2 aliphatic rings. The molecule has 3 rings (SSSR count). The lowest BCUT2D eigenvalue weighted by molar-refractivity contribution is -0.122. The smallest absolute Gasteiger partial charge is 0.314 e. The highest BCUT2D eigenvalue weighted by atomic mass is 16.2. The summed E-state index contributed by atoms with van der Waals surface area (Å²) in [5.41, 5.74) is 8.20. The molecule has 0 bridgehead atoms. The van der Waals surface area contributed by atoms with Crippen LogP contribution in [-0.4, -0.2) is 36.0 Å². The summed E-state index contributed by atoms with van der Waals surface area (Å²) in [5.74, 6) is 0.423. The number of benzene rings is 1. The number of nitrogens with one attached hydrogen (secondary N) is 1. The minimum atomic E-state index is -0.369. The van der Waals surface area contributed by atoms with Gasteiger partial charge in [-0.1, -0.05) is 38.1 Å². The molecular weight excluding hydrogens is 314 g/mol. The maximum atomic E-state index is 12.5. The van der Waals surface area contributed by atoms with Crippen LogP contribution in [0, 0.1) is 0 Å². The fourth-order valence-electron chi connectivity index (χ4n) is 4.26. The molecular formula is C20H29N3O2. The van der Waals surface area contributed by atoms with E-state index in [-0.39, 0.29) is 23.4 Å². The lowest BCUT2D eigenvalue weighted by Crippen LogP contribution is -2.48. The summed E-state index contributed by atoms with van der Waals surface area (Å²) in [6.07, 6.45) is 4.27. The van der Waals surface area contributed by atoms with Crippen molar-refractivity contribution in [2.75, 3.05) is 13.1 Å². The standard InChI is InChI=1S/C20H29N3O2/c1-20(2)10-7-14(16-5-3-4-6-17(16)20)13-18(24)22-15-8-11-23(12-9-15)19(21)25/h3-6,14-15H,7-13H2,1-2H3,(H2,21,25)(H,22,24)/t14-/m0/s1. The Balaban J connectivity index is 1.58. The van der Waals surface area contributed by atoms with Crippen LogP contribution in [-0.2, 0) is 10.2 Å². The molecule has 1 aliphatic heterocycles. The maximum absolute atomic E-state index is 12.5. The first kappa shape index (κ1) is 17.8. The second kappa shape index (κ2) is 7.06. The molecule has 5 nitrogen and oxygen atoms in total. The monoisotopic (exact) mass is 343 g/mol. The Labute approximate surface area is 150 Å². The van der Waals surface area contributed by atoms with E-state index in [2.05, 4.69) is 43.4 Å². The quantitative estimate of drug-likeness (QED) is 0.885. The third-order valence-corrected chi connectivity index (χ3v) is 5.85. The van der Waals surface area contributed by atoms with E-state index in [1.165, 1.54) is 11.1 Å². The summed E-state index contributed by atoms with van der Waals surface area (Å²) in [4.78, 5) is 25.4. The Morgan fingerprint density at radius 3 is 2.56 bits per heavy atom. The van der Waals surface area contributed by atoms with E-state index >= 15 is 0 Å². The molecule has 25 heavy (non-hydrogen) atoms. The van der Waals surface area contributed by atoms with E-state index in [1.54, 1.807) is 4.90 Å². The molecule has 1 aromatic rings. The lowest BCUT2D eigenvalue weighted by atomic mass is 9.68. The van der Waals surface area contributed by atoms with E-state index < -0.39 is 0 Å². The highest BCUT2D eigenvalue weighted by Gasteiger charge is 2.33. The van der Waals surface area contributed by atoms with Crippen LogP contribution in [0.3, 0.4) is 0 Å². The number of carbonyl (C=O) groups excluding carboxylic acids is 2. The largest absolute Gasteiger partial charge is 0.353 e. The van der Waals surface area contributed by atoms with Crippen LogP contribution in [0.4, 0.5) is 4.79 Å². The SMILES string of the molecule is CC1(C)CC[C@@H](CC(=O)NC2CCN(C(N)=O)CC2)c2ccccc21. The van der Waals surface area contributed by atoms with Crippen LogP contribution in [0.1, 0.15) is 63.0 Å². The summed E-state index contributed by atoms with van der Waals surface area (Å²) < 4.78 is 0. The Hall–Kier alpha value is -2.04. The number of nitrogens with zero attached hydrogens (tertiary/aromatic N) is 1. The van der Waals surface area contributed by atoms with Crippen LogP contribution in [0.25, 0.3) is 0 Å². The first-order valence-electron chi connectivity index (χ1n) is 9.30. The number of amides is 3. The van der Waals surface area contributed by atoms with Gasteiger partial charge in [0, 0.05) is 25.6 Å². The zero-order valence-electron chi connectivity index (χ0n) is 15.3. The minimum absolute atomic E-state index is 0.122. The van der Waals surface area contributed by atoms with E-state index in [4.69, 9.17) is 5.73 Å². The topological polar surface area (TPSA) is 75.4 Å². The van der Waals surface area contributed by atoms with Gasteiger partial charge in [0.05, 0.1) is 0 Å². The second-order valence-corrected chi connectivity index (χ2v) is 8.08. The normalized spacial score (nSPS) is 23.0. The van der Waals surface area contributed by atoms with Gasteiger partial charge in [-0.05, 0) is 48.1 Å². The van der Waals surface area contributed by atoms with E-state index in [0.29, 0.717) is 25.4 Å². The highest BCUT2D eigenvalue weighted by molar-refractivity contribution is 5.77. The van der Waals surface area contributed by atoms with Crippen molar-refractivity contribution in [3.05, 3.63) is 35.4 Å². The predicted molar refractivity (Wildman–Crippen MR) is 98.4 cm³/mol. The molecule has 0 saturated carbocycles. The molecule has 0 radical (unpaired) electrons. The van der Waals surface area contributed by atoms with Crippen molar-refractivity contribution in [3.63, 3.8) is 0 Å². The fourth-order valence-corrected chi connectivity index (χ4v) is 4.26. The second-order valence-electron chi connectivity index (χ2n) is 8.08. The average molecular weight is 343 g/mol. The summed E-state index contributed by atoms with van der Waals surface area (Å²) >= 11 is 0. The van der Waals surface area contributed by atoms with Crippen LogP contribution < -0.4 is 11.1 Å². The summed E-state index contributed by atoms with van der Waals surface area (Å²) in [5, 5.41) is 3.16. The predicted octanol–water partition coefficient (Wildman–Crippen LogP) is 2.89. The summed E-state index contributed by atoms with van der Waals surface area (Å²) in [7, 11) is 0. The maximum Gasteiger partial charge on any atom is 0.314 e. The summed E-state index contributed by atoms with van der Waals surface area (Å²) in [6.45, 7) is 5.82. The van der Waals surface area contributed by atoms with Crippen molar-refractivity contribution >= 4 is 11.9 Å². The lowest BCUT2D eigenvalue weighted by Gasteiger charge is -2.37. The van der Waals surface area contributed by atoms with Gasteiger partial charge in [0.2, 0.25) is 5.91 Å². The van der Waals surface area contributed by atoms with Crippen molar-refractivity contribution in [1.82, 2.24) is 10.2 Å². The van der Waals surface area contributed by atoms with Gasteiger partial charge >= 0.3 is 6.03 Å². The van der Waals surface area contributed by atoms with Gasteiger partial charge in [0.1, 0.15) is 0 Å². The van der Waals surface area contributed by atoms with E-state index in [1.807, 2.05) is 0 Å². The first-order valence-corrected chi connectivity index (χ1v) is 9.30. The van der Waals surface area contributed by atoms with Gasteiger partial charge < -0.3 is 16.0 Å². The van der Waals surface area contributed by atoms with Crippen molar-refractivity contribution < 1.29 is 9.59 Å². The number of hydrogen-bond donors (Lipinski definition) is 2. The Bertz CT molecular complexity index is 648. The molecule has 0 unspecified atom stereocenters. The van der Waals surface area contributed by atoms with Crippen molar-refractivity contribution in [3.8, 4) is 0 Å². The van der Waals surface area contributed by atoms with Crippen molar-refractivity contribution in [1.29, 1.82) is 0 Å². The molecule has 0 aromatic heterocycles. The number of fused-ring (bicyclic) bond motifs is 1. The first-order chi connectivity index (χ1) is 11.9. The van der Waals surface area contributed by atoms with Crippen molar-refractivity contribution in [2.24, 2.45) is 5.73 Å². The molecule has 0 spiro atoms. The third-order valence-electron chi connectivity index (χ3n) is 5.85. The molecule has 1 aromatic carbocycles. The number of rotatable bonds is 3. The fraction of sp³-hybridized carbons (Fsp3) is 0.600. The number of piperidine rings is 1. The summed E-state index contributed by atoms with van der Waals surface area (Å²) in [6, 6.07) is 8.34. The molecule has 3 N–H and O–H groups in total. The van der Waals surface area contributed by atoms with Gasteiger partial charge in [-0.15, -0.1) is 0 Å². The minimum Gasteiger partial charge on any atom is -0.353 e. The molecule has 5 heteroatoms. The molecule has 3 amide bonds. The third kappa shape index (κ3) is 3.97. The van der Waals surface area contributed by atoms with Crippen LogP contribution in [0.15, 0.2) is 24.3 Å². The van der Waals surface area contributed by atoms with Crippen LogP contribution in [0.5, 0.6) is 0 Å². The van der Waals surface area contributed by atoms with Crippen molar-refractivity contribution in [2.45, 2.75) is 63.3 Å². The molecule has 1 atom stereocenters. The highest BCUT2D eigenvalue weighted by Crippen LogP contribution is 2.43. The molecule has 136 valence electrons. The Morgan fingerprint density at radius 2 is 1.88 bits per heavy atom. The number of nitrogens with two attached hydrogens (primary N) is 1. The number of likely N-dealkylation sites (tertiary alicyclic amines) is 1. The molecule has 1 fully saturated rings. The number of hydrogen-bond acceptors (Lipinski definition) is 2. The van der Waals surface area contributed by atoms with Gasteiger partial charge in [-0.3, -0.25) is 4.79 Å². The van der Waals surface area contributed by atoms with Crippen LogP contribution >= 0.6 is 0 Å². The van der Waals surface area contributed by atoms with Gasteiger partial charge in [0.15, 0.2) is 0 Å². The van der Waals surface area contributed by atoms with Gasteiger partial charge in [0.25, 0.3) is 0 Å². The number of urea groups is 1. The number of primary amides is 1. The molecule has 1 saturated heterocycles. The molecule has 1 heterocycles. The van der Waals surface area contributed by atoms with Gasteiger partial charge in [-0.25, -0.2) is 4.79 Å². The van der Waals surface area contributed by atoms with E-state index in [9.17, 15) is 9.59 Å². The zero-order valence-corrected chi connectivity index (χ0v) is 15.3. The average Bonchev–Trinajstić information content (AvgIpc) is 2.58. The zero-order chi connectivity index (χ0) is 18.0. The number of carbonyl (C=O) groups is 2.